The zero-order chi connectivity index (χ0) is 19.2. The molecule has 0 unspecified atom stereocenters. The van der Waals surface area contributed by atoms with Crippen molar-refractivity contribution in [2.75, 3.05) is 11.9 Å². The Morgan fingerprint density at radius 3 is 2.36 bits per heavy atom. The van der Waals surface area contributed by atoms with E-state index < -0.39 is 0 Å². The van der Waals surface area contributed by atoms with Gasteiger partial charge in [0.1, 0.15) is 0 Å². The molecule has 0 spiro atoms. The highest BCUT2D eigenvalue weighted by Gasteiger charge is 2.11. The van der Waals surface area contributed by atoms with E-state index >= 15 is 0 Å². The van der Waals surface area contributed by atoms with Crippen LogP contribution in [0.4, 0.5) is 5.69 Å². The van der Waals surface area contributed by atoms with E-state index in [0.717, 1.165) is 33.4 Å². The van der Waals surface area contributed by atoms with Gasteiger partial charge in [-0.2, -0.15) is 5.10 Å². The Kier molecular flexibility index (Phi) is 5.15. The van der Waals surface area contributed by atoms with Gasteiger partial charge >= 0.3 is 0 Å². The van der Waals surface area contributed by atoms with Crippen LogP contribution in [0.15, 0.2) is 90.0 Å². The van der Waals surface area contributed by atoms with E-state index in [2.05, 4.69) is 20.8 Å². The summed E-state index contributed by atoms with van der Waals surface area (Å²) in [6, 6.07) is 27.7. The minimum Gasteiger partial charge on any atom is -0.376 e. The van der Waals surface area contributed by atoms with Gasteiger partial charge in [0, 0.05) is 22.2 Å². The van der Waals surface area contributed by atoms with Crippen LogP contribution in [0, 0.1) is 0 Å². The van der Waals surface area contributed by atoms with Crippen LogP contribution in [0.2, 0.25) is 0 Å². The van der Waals surface area contributed by atoms with Gasteiger partial charge in [-0.05, 0) is 23.8 Å². The molecule has 28 heavy (non-hydrogen) atoms. The molecule has 3 aromatic carbocycles. The molecule has 0 atom stereocenters. The molecule has 0 bridgehead atoms. The van der Waals surface area contributed by atoms with Gasteiger partial charge in [-0.15, -0.1) is 0 Å². The number of fused-ring (bicyclic) bond motifs is 1. The van der Waals surface area contributed by atoms with Gasteiger partial charge in [-0.3, -0.25) is 4.79 Å². The number of nitrogens with zero attached hydrogens (tertiary/aromatic N) is 1. The van der Waals surface area contributed by atoms with Crippen LogP contribution in [-0.2, 0) is 4.79 Å². The number of nitrogens with one attached hydrogen (secondary N) is 3. The molecule has 138 valence electrons. The van der Waals surface area contributed by atoms with Crippen LogP contribution in [0.1, 0.15) is 5.56 Å². The van der Waals surface area contributed by atoms with Crippen molar-refractivity contribution in [1.82, 2.24) is 10.4 Å². The Balaban J connectivity index is 1.51. The zero-order valence-electron chi connectivity index (χ0n) is 15.2. The molecule has 0 saturated carbocycles. The Morgan fingerprint density at radius 2 is 1.57 bits per heavy atom. The Bertz CT molecular complexity index is 1100. The predicted molar refractivity (Wildman–Crippen MR) is 114 cm³/mol. The first-order chi connectivity index (χ1) is 13.8. The van der Waals surface area contributed by atoms with Gasteiger partial charge in [0.05, 0.1) is 18.5 Å². The lowest BCUT2D eigenvalue weighted by molar-refractivity contribution is -0.119. The Labute approximate surface area is 163 Å². The highest BCUT2D eigenvalue weighted by atomic mass is 16.2. The second-order valence-corrected chi connectivity index (χ2v) is 6.34. The fraction of sp³-hybridized carbons (Fsp3) is 0.0435. The number of anilines is 1. The number of hydrogen-bond acceptors (Lipinski definition) is 3. The van der Waals surface area contributed by atoms with E-state index in [9.17, 15) is 4.79 Å². The summed E-state index contributed by atoms with van der Waals surface area (Å²) in [6.07, 6.45) is 1.70. The smallest absolute Gasteiger partial charge is 0.259 e. The minimum absolute atomic E-state index is 0.154. The Hall–Kier alpha value is -3.86. The van der Waals surface area contributed by atoms with Crippen molar-refractivity contribution in [2.24, 2.45) is 5.10 Å². The van der Waals surface area contributed by atoms with E-state index in [-0.39, 0.29) is 12.5 Å². The number of amides is 1. The molecule has 0 aliphatic heterocycles. The van der Waals surface area contributed by atoms with Crippen molar-refractivity contribution < 1.29 is 4.79 Å². The number of rotatable bonds is 6. The highest BCUT2D eigenvalue weighted by Crippen LogP contribution is 2.28. The third-order valence-electron chi connectivity index (χ3n) is 4.42. The standard InChI is InChI=1S/C23H20N4O/c28-22(16-24-18-11-5-2-6-12-18)27-25-15-20-19-13-7-8-14-21(19)26-23(20)17-9-3-1-4-10-17/h1-15,24,26H,16H2,(H,27,28)/b25-15+. The molecule has 5 heteroatoms. The van der Waals surface area contributed by atoms with Gasteiger partial charge < -0.3 is 10.3 Å². The number of carbonyl (C=O) groups is 1. The van der Waals surface area contributed by atoms with E-state index in [1.807, 2.05) is 84.9 Å². The molecular weight excluding hydrogens is 348 g/mol. The molecule has 1 aromatic heterocycles. The second kappa shape index (κ2) is 8.22. The molecule has 0 aliphatic rings. The van der Waals surface area contributed by atoms with E-state index in [4.69, 9.17) is 0 Å². The van der Waals surface area contributed by atoms with Gasteiger partial charge in [-0.25, -0.2) is 5.43 Å². The van der Waals surface area contributed by atoms with E-state index in [1.54, 1.807) is 6.21 Å². The SMILES string of the molecule is O=C(CNc1ccccc1)N/N=C/c1c(-c2ccccc2)[nH]c2ccccc12. The molecule has 1 amide bonds. The quantitative estimate of drug-likeness (QED) is 0.349. The average Bonchev–Trinajstić information content (AvgIpc) is 3.12. The van der Waals surface area contributed by atoms with Gasteiger partial charge in [0.2, 0.25) is 0 Å². The molecule has 4 aromatic rings. The first-order valence-electron chi connectivity index (χ1n) is 9.08. The summed E-state index contributed by atoms with van der Waals surface area (Å²) in [5.41, 5.74) is 7.49. The molecule has 5 nitrogen and oxygen atoms in total. The van der Waals surface area contributed by atoms with Gasteiger partial charge in [0.25, 0.3) is 5.91 Å². The molecule has 0 fully saturated rings. The van der Waals surface area contributed by atoms with Crippen molar-refractivity contribution >= 4 is 28.7 Å². The monoisotopic (exact) mass is 368 g/mol. The summed E-state index contributed by atoms with van der Waals surface area (Å²) in [5.74, 6) is -0.207. The van der Waals surface area contributed by atoms with Gasteiger partial charge in [0.15, 0.2) is 0 Å². The van der Waals surface area contributed by atoms with Crippen molar-refractivity contribution in [1.29, 1.82) is 0 Å². The lowest BCUT2D eigenvalue weighted by Crippen LogP contribution is -2.25. The molecule has 3 N–H and O–H groups in total. The molecule has 4 rings (SSSR count). The van der Waals surface area contributed by atoms with Crippen LogP contribution in [0.3, 0.4) is 0 Å². The maximum absolute atomic E-state index is 12.1. The predicted octanol–water partition coefficient (Wildman–Crippen LogP) is 4.40. The number of aromatic nitrogens is 1. The van der Waals surface area contributed by atoms with Crippen molar-refractivity contribution in [3.63, 3.8) is 0 Å². The number of benzene rings is 3. The summed E-state index contributed by atoms with van der Waals surface area (Å²) in [6.45, 7) is 0.154. The fourth-order valence-corrected chi connectivity index (χ4v) is 3.08. The molecule has 0 radical (unpaired) electrons. The summed E-state index contributed by atoms with van der Waals surface area (Å²) in [4.78, 5) is 15.5. The molecular formula is C23H20N4O. The largest absolute Gasteiger partial charge is 0.376 e. The zero-order valence-corrected chi connectivity index (χ0v) is 15.2. The fourth-order valence-electron chi connectivity index (χ4n) is 3.08. The Morgan fingerprint density at radius 1 is 0.893 bits per heavy atom. The number of para-hydroxylation sites is 2. The summed E-state index contributed by atoms with van der Waals surface area (Å²) >= 11 is 0. The van der Waals surface area contributed by atoms with Crippen molar-refractivity contribution in [3.05, 3.63) is 90.5 Å². The summed E-state index contributed by atoms with van der Waals surface area (Å²) in [7, 11) is 0. The first kappa shape index (κ1) is 17.5. The van der Waals surface area contributed by atoms with Crippen LogP contribution < -0.4 is 10.7 Å². The normalized spacial score (nSPS) is 11.0. The third kappa shape index (κ3) is 3.94. The summed E-state index contributed by atoms with van der Waals surface area (Å²) < 4.78 is 0. The maximum atomic E-state index is 12.1. The molecule has 1 heterocycles. The van der Waals surface area contributed by atoms with Crippen LogP contribution in [0.5, 0.6) is 0 Å². The molecule has 0 aliphatic carbocycles. The van der Waals surface area contributed by atoms with Gasteiger partial charge in [-0.1, -0.05) is 66.7 Å². The van der Waals surface area contributed by atoms with Crippen LogP contribution in [-0.4, -0.2) is 23.7 Å². The third-order valence-corrected chi connectivity index (χ3v) is 4.42. The van der Waals surface area contributed by atoms with Crippen molar-refractivity contribution in [2.45, 2.75) is 0 Å². The molecule has 0 saturated heterocycles. The summed E-state index contributed by atoms with van der Waals surface area (Å²) in [5, 5.41) is 8.30. The average molecular weight is 368 g/mol. The highest BCUT2D eigenvalue weighted by molar-refractivity contribution is 6.06. The van der Waals surface area contributed by atoms with Crippen LogP contribution >= 0.6 is 0 Å². The van der Waals surface area contributed by atoms with Crippen LogP contribution in [0.25, 0.3) is 22.2 Å². The number of H-pyrrole nitrogens is 1. The second-order valence-electron chi connectivity index (χ2n) is 6.34. The number of aromatic amines is 1. The number of hydrazone groups is 1. The number of carbonyl (C=O) groups excluding carboxylic acids is 1. The van der Waals surface area contributed by atoms with Crippen molar-refractivity contribution in [3.8, 4) is 11.3 Å². The minimum atomic E-state index is -0.207. The van der Waals surface area contributed by atoms with E-state index in [0.29, 0.717) is 0 Å². The number of hydrogen-bond donors (Lipinski definition) is 3. The first-order valence-corrected chi connectivity index (χ1v) is 9.08. The maximum Gasteiger partial charge on any atom is 0.259 e. The topological polar surface area (TPSA) is 69.3 Å². The lowest BCUT2D eigenvalue weighted by Gasteiger charge is -2.04. The van der Waals surface area contributed by atoms with E-state index in [1.165, 1.54) is 0 Å². The lowest BCUT2D eigenvalue weighted by atomic mass is 10.1.